The minimum absolute atomic E-state index is 0.175. The number of ether oxygens (including phenoxy) is 3. The highest BCUT2D eigenvalue weighted by Gasteiger charge is 2.41. The van der Waals surface area contributed by atoms with Gasteiger partial charge in [0.1, 0.15) is 11.4 Å². The molecule has 0 bridgehead atoms. The maximum atomic E-state index is 12.4. The molecule has 0 spiro atoms. The lowest BCUT2D eigenvalue weighted by molar-refractivity contribution is -0.156. The highest BCUT2D eigenvalue weighted by atomic mass is 16.5. The number of rotatable bonds is 8. The lowest BCUT2D eigenvalue weighted by Gasteiger charge is -2.38. The molecule has 4 nitrogen and oxygen atoms in total. The topological polar surface area (TPSA) is 44.8 Å². The third-order valence-corrected chi connectivity index (χ3v) is 5.52. The molecule has 162 valence electrons. The summed E-state index contributed by atoms with van der Waals surface area (Å²) in [7, 11) is 3.05. The van der Waals surface area contributed by atoms with Crippen LogP contribution in [0.2, 0.25) is 0 Å². The summed E-state index contributed by atoms with van der Waals surface area (Å²) >= 11 is 0. The van der Waals surface area contributed by atoms with Crippen molar-refractivity contribution in [3.05, 3.63) is 101 Å². The summed E-state index contributed by atoms with van der Waals surface area (Å²) in [4.78, 5) is 12.4. The van der Waals surface area contributed by atoms with E-state index >= 15 is 0 Å². The van der Waals surface area contributed by atoms with E-state index in [1.807, 2.05) is 56.3 Å². The van der Waals surface area contributed by atoms with Crippen molar-refractivity contribution in [1.29, 1.82) is 0 Å². The zero-order valence-corrected chi connectivity index (χ0v) is 18.8. The van der Waals surface area contributed by atoms with Crippen molar-refractivity contribution in [3.8, 4) is 5.75 Å². The molecule has 1 atom stereocenters. The highest BCUT2D eigenvalue weighted by molar-refractivity contribution is 5.75. The Labute approximate surface area is 184 Å². The van der Waals surface area contributed by atoms with Crippen molar-refractivity contribution in [3.63, 3.8) is 0 Å². The Balaban J connectivity index is 2.22. The van der Waals surface area contributed by atoms with E-state index < -0.39 is 11.0 Å². The molecule has 4 heteroatoms. The average Bonchev–Trinajstić information content (AvgIpc) is 2.81. The van der Waals surface area contributed by atoms with Crippen LogP contribution in [-0.2, 0) is 19.9 Å². The molecule has 0 heterocycles. The second-order valence-corrected chi connectivity index (χ2v) is 8.31. The number of aryl methyl sites for hydroxylation is 1. The maximum Gasteiger partial charge on any atom is 0.313 e. The quantitative estimate of drug-likeness (QED) is 0.357. The first-order valence-electron chi connectivity index (χ1n) is 10.3. The summed E-state index contributed by atoms with van der Waals surface area (Å²) in [6, 6.07) is 26.3. The van der Waals surface area contributed by atoms with E-state index in [1.54, 1.807) is 7.11 Å². The average molecular weight is 419 g/mol. The molecule has 0 aliphatic rings. The number of hydrogen-bond acceptors (Lipinski definition) is 4. The first kappa shape index (κ1) is 22.6. The number of esters is 1. The SMILES string of the molecule is COC(=O)C(C)(C)COC(c1ccccc1)(c1ccc(C)cc1)c1ccc(OC)cc1. The Morgan fingerprint density at radius 3 is 1.81 bits per heavy atom. The summed E-state index contributed by atoms with van der Waals surface area (Å²) in [5.74, 6) is 0.456. The van der Waals surface area contributed by atoms with Crippen molar-refractivity contribution in [2.24, 2.45) is 5.41 Å². The van der Waals surface area contributed by atoms with Gasteiger partial charge in [-0.1, -0.05) is 72.3 Å². The molecule has 3 aromatic rings. The van der Waals surface area contributed by atoms with Crippen molar-refractivity contribution in [1.82, 2.24) is 0 Å². The molecule has 1 unspecified atom stereocenters. The third-order valence-electron chi connectivity index (χ3n) is 5.52. The summed E-state index contributed by atoms with van der Waals surface area (Å²) in [5.41, 5.74) is 2.34. The molecule has 0 fully saturated rings. The van der Waals surface area contributed by atoms with E-state index in [2.05, 4.69) is 43.3 Å². The third kappa shape index (κ3) is 4.64. The zero-order valence-electron chi connectivity index (χ0n) is 18.8. The van der Waals surface area contributed by atoms with Gasteiger partial charge in [-0.2, -0.15) is 0 Å². The molecule has 0 saturated carbocycles. The maximum absolute atomic E-state index is 12.4. The molecular weight excluding hydrogens is 388 g/mol. The van der Waals surface area contributed by atoms with Crippen LogP contribution in [0.3, 0.4) is 0 Å². The molecule has 31 heavy (non-hydrogen) atoms. The van der Waals surface area contributed by atoms with Crippen LogP contribution in [0.5, 0.6) is 5.75 Å². The van der Waals surface area contributed by atoms with E-state index in [1.165, 1.54) is 7.11 Å². The van der Waals surface area contributed by atoms with Crippen LogP contribution in [0.4, 0.5) is 0 Å². The fraction of sp³-hybridized carbons (Fsp3) is 0.296. The normalized spacial score (nSPS) is 13.3. The number of hydrogen-bond donors (Lipinski definition) is 0. The Kier molecular flexibility index (Phi) is 6.81. The molecule has 3 aromatic carbocycles. The van der Waals surface area contributed by atoms with Crippen LogP contribution in [0.1, 0.15) is 36.1 Å². The van der Waals surface area contributed by atoms with E-state index in [-0.39, 0.29) is 12.6 Å². The summed E-state index contributed by atoms with van der Waals surface area (Å²) in [6.45, 7) is 5.90. The first-order valence-corrected chi connectivity index (χ1v) is 10.3. The molecule has 0 radical (unpaired) electrons. The van der Waals surface area contributed by atoms with Crippen molar-refractivity contribution in [2.45, 2.75) is 26.4 Å². The summed E-state index contributed by atoms with van der Waals surface area (Å²) < 4.78 is 17.1. The fourth-order valence-corrected chi connectivity index (χ4v) is 3.66. The number of carbonyl (C=O) groups excluding carboxylic acids is 1. The van der Waals surface area contributed by atoms with Crippen LogP contribution in [0.15, 0.2) is 78.9 Å². The van der Waals surface area contributed by atoms with E-state index in [4.69, 9.17) is 14.2 Å². The Morgan fingerprint density at radius 1 is 0.774 bits per heavy atom. The van der Waals surface area contributed by atoms with E-state index in [9.17, 15) is 4.79 Å². The second kappa shape index (κ2) is 9.36. The molecule has 0 amide bonds. The number of carbonyl (C=O) groups is 1. The molecule has 3 rings (SSSR count). The smallest absolute Gasteiger partial charge is 0.313 e. The highest BCUT2D eigenvalue weighted by Crippen LogP contribution is 2.42. The van der Waals surface area contributed by atoms with Crippen LogP contribution in [-0.4, -0.2) is 26.8 Å². The number of methoxy groups -OCH3 is 2. The summed E-state index contributed by atoms with van der Waals surface area (Å²) in [5, 5.41) is 0. The van der Waals surface area contributed by atoms with Crippen molar-refractivity contribution < 1.29 is 19.0 Å². The van der Waals surface area contributed by atoms with Crippen molar-refractivity contribution >= 4 is 5.97 Å². The Hall–Kier alpha value is -3.11. The van der Waals surface area contributed by atoms with Gasteiger partial charge in [-0.05, 0) is 49.6 Å². The standard InChI is InChI=1S/C27H30O4/c1-20-11-13-22(14-12-20)27(21-9-7-6-8-10-21,23-15-17-24(29-4)18-16-23)31-19-26(2,3)25(28)30-5/h6-18H,19H2,1-5H3. The van der Waals surface area contributed by atoms with Gasteiger partial charge in [-0.3, -0.25) is 4.79 Å². The van der Waals surface area contributed by atoms with Gasteiger partial charge in [0.05, 0.1) is 26.2 Å². The van der Waals surface area contributed by atoms with Crippen LogP contribution in [0.25, 0.3) is 0 Å². The fourth-order valence-electron chi connectivity index (χ4n) is 3.66. The molecule has 0 saturated heterocycles. The van der Waals surface area contributed by atoms with Gasteiger partial charge in [0.15, 0.2) is 0 Å². The number of benzene rings is 3. The van der Waals surface area contributed by atoms with Gasteiger partial charge in [0.25, 0.3) is 0 Å². The lowest BCUT2D eigenvalue weighted by Crippen LogP contribution is -2.39. The molecule has 0 aliphatic carbocycles. The Bertz CT molecular complexity index is 992. The Morgan fingerprint density at radius 2 is 1.29 bits per heavy atom. The van der Waals surface area contributed by atoms with Gasteiger partial charge in [-0.25, -0.2) is 0 Å². The van der Waals surface area contributed by atoms with Crippen LogP contribution < -0.4 is 4.74 Å². The second-order valence-electron chi connectivity index (χ2n) is 8.31. The summed E-state index contributed by atoms with van der Waals surface area (Å²) in [6.07, 6.45) is 0. The van der Waals surface area contributed by atoms with E-state index in [0.717, 1.165) is 28.0 Å². The van der Waals surface area contributed by atoms with E-state index in [0.29, 0.717) is 0 Å². The van der Waals surface area contributed by atoms with Crippen LogP contribution >= 0.6 is 0 Å². The minimum atomic E-state index is -0.910. The molecule has 0 aromatic heterocycles. The first-order chi connectivity index (χ1) is 14.8. The van der Waals surface area contributed by atoms with Gasteiger partial charge >= 0.3 is 5.97 Å². The van der Waals surface area contributed by atoms with Gasteiger partial charge in [-0.15, -0.1) is 0 Å². The van der Waals surface area contributed by atoms with Gasteiger partial charge in [0.2, 0.25) is 0 Å². The predicted octanol–water partition coefficient (Wildman–Crippen LogP) is 5.51. The molecule has 0 aliphatic heterocycles. The molecule has 0 N–H and O–H groups in total. The van der Waals surface area contributed by atoms with Gasteiger partial charge in [0, 0.05) is 0 Å². The van der Waals surface area contributed by atoms with Crippen LogP contribution in [0, 0.1) is 12.3 Å². The largest absolute Gasteiger partial charge is 0.497 e. The van der Waals surface area contributed by atoms with Crippen molar-refractivity contribution in [2.75, 3.05) is 20.8 Å². The lowest BCUT2D eigenvalue weighted by atomic mass is 9.79. The molecular formula is C27H30O4. The van der Waals surface area contributed by atoms with Gasteiger partial charge < -0.3 is 14.2 Å². The monoisotopic (exact) mass is 418 g/mol. The minimum Gasteiger partial charge on any atom is -0.497 e. The zero-order chi connectivity index (χ0) is 22.5. The predicted molar refractivity (Wildman–Crippen MR) is 122 cm³/mol.